The van der Waals surface area contributed by atoms with Crippen LogP contribution < -0.4 is 0 Å². The summed E-state index contributed by atoms with van der Waals surface area (Å²) < 4.78 is 0. The smallest absolute Gasteiger partial charge is 0.0757 e. The van der Waals surface area contributed by atoms with Crippen molar-refractivity contribution >= 4 is 22.2 Å². The van der Waals surface area contributed by atoms with Crippen LogP contribution >= 0.6 is 11.3 Å². The second-order valence-corrected chi connectivity index (χ2v) is 2.35. The molecule has 0 aromatic carbocycles. The zero-order valence-electron chi connectivity index (χ0n) is 4.09. The Hall–Kier alpha value is -0.830. The second-order valence-electron chi connectivity index (χ2n) is 1.61. The fourth-order valence-corrected chi connectivity index (χ4v) is 1.40. The van der Waals surface area contributed by atoms with Gasteiger partial charge in [0.1, 0.15) is 0 Å². The summed E-state index contributed by atoms with van der Waals surface area (Å²) in [5, 5.41) is 12.0. The Morgan fingerprint density at radius 2 is 2.50 bits per heavy atom. The van der Waals surface area contributed by atoms with Gasteiger partial charge in [0.15, 0.2) is 0 Å². The number of nitrogens with zero attached hydrogens (tertiary/aromatic N) is 1. The quantitative estimate of drug-likeness (QED) is 0.568. The topological polar surface area (TPSA) is 28.7 Å². The molecule has 2 aromatic rings. The molecule has 0 spiro atoms. The first-order valence-corrected chi connectivity index (χ1v) is 3.26. The van der Waals surface area contributed by atoms with Crippen LogP contribution in [0.15, 0.2) is 17.0 Å². The minimum absolute atomic E-state index is 1.13. The molecule has 0 amide bonds. The lowest BCUT2D eigenvalue weighted by molar-refractivity contribution is 1.12. The van der Waals surface area contributed by atoms with Gasteiger partial charge >= 0.3 is 0 Å². The first-order valence-electron chi connectivity index (χ1n) is 2.32. The van der Waals surface area contributed by atoms with Crippen molar-refractivity contribution < 1.29 is 0 Å². The monoisotopic (exact) mass is 124 g/mol. The van der Waals surface area contributed by atoms with E-state index < -0.39 is 0 Å². The molecule has 2 nitrogen and oxygen atoms in total. The highest BCUT2D eigenvalue weighted by atomic mass is 32.1. The number of H-pyrrole nitrogens is 1. The van der Waals surface area contributed by atoms with Crippen LogP contribution in [0.3, 0.4) is 0 Å². The number of fused-ring (bicyclic) bond motifs is 1. The van der Waals surface area contributed by atoms with Gasteiger partial charge < -0.3 is 0 Å². The van der Waals surface area contributed by atoms with E-state index in [1.54, 1.807) is 11.3 Å². The third kappa shape index (κ3) is 0.391. The molecule has 3 heteroatoms. The van der Waals surface area contributed by atoms with E-state index >= 15 is 0 Å². The Bertz CT molecular complexity index is 232. The van der Waals surface area contributed by atoms with Gasteiger partial charge in [-0.3, -0.25) is 5.10 Å². The summed E-state index contributed by atoms with van der Waals surface area (Å²) in [7, 11) is 0. The fraction of sp³-hybridized carbons (Fsp3) is 0. The highest BCUT2D eigenvalue weighted by Crippen LogP contribution is 2.13. The maximum absolute atomic E-state index is 3.84. The summed E-state index contributed by atoms with van der Waals surface area (Å²) in [5.74, 6) is 0. The number of thiophene rings is 1. The first kappa shape index (κ1) is 4.09. The third-order valence-electron chi connectivity index (χ3n) is 1.08. The Balaban J connectivity index is 3.06. The van der Waals surface area contributed by atoms with Crippen LogP contribution in [0.2, 0.25) is 0 Å². The third-order valence-corrected chi connectivity index (χ3v) is 1.84. The van der Waals surface area contributed by atoms with Gasteiger partial charge in [0.2, 0.25) is 0 Å². The molecule has 2 rings (SSSR count). The summed E-state index contributed by atoms with van der Waals surface area (Å²) in [6, 6.07) is 0. The molecule has 2 aromatic heterocycles. The van der Waals surface area contributed by atoms with E-state index in [1.165, 1.54) is 5.39 Å². The zero-order valence-corrected chi connectivity index (χ0v) is 4.90. The number of nitrogens with one attached hydrogen (secondary N) is 1. The molecular weight excluding hydrogens is 120 g/mol. The molecule has 0 aliphatic rings. The van der Waals surface area contributed by atoms with Crippen LogP contribution in [-0.4, -0.2) is 10.2 Å². The molecule has 40 valence electrons. The van der Waals surface area contributed by atoms with Gasteiger partial charge in [0.25, 0.3) is 0 Å². The molecule has 2 heterocycles. The van der Waals surface area contributed by atoms with Crippen molar-refractivity contribution in [2.24, 2.45) is 0 Å². The highest BCUT2D eigenvalue weighted by Gasteiger charge is 1.90. The molecule has 1 N–H and O–H groups in total. The van der Waals surface area contributed by atoms with E-state index in [4.69, 9.17) is 0 Å². The first-order chi connectivity index (χ1) is 3.97. The van der Waals surface area contributed by atoms with Crippen LogP contribution in [0.4, 0.5) is 0 Å². The number of aromatic nitrogens is 2. The SMILES string of the molecule is c1n[nH]c2cscc12. The van der Waals surface area contributed by atoms with Crippen molar-refractivity contribution in [3.05, 3.63) is 17.0 Å². The van der Waals surface area contributed by atoms with Crippen LogP contribution in [0, 0.1) is 0 Å². The average molecular weight is 124 g/mol. The lowest BCUT2D eigenvalue weighted by atomic mass is 10.4. The molecule has 0 aliphatic carbocycles. The Morgan fingerprint density at radius 1 is 1.50 bits per heavy atom. The molecule has 0 fully saturated rings. The lowest BCUT2D eigenvalue weighted by Gasteiger charge is -1.64. The van der Waals surface area contributed by atoms with Crippen molar-refractivity contribution in [2.45, 2.75) is 0 Å². The fourth-order valence-electron chi connectivity index (χ4n) is 0.669. The van der Waals surface area contributed by atoms with Crippen molar-refractivity contribution in [1.29, 1.82) is 0 Å². The van der Waals surface area contributed by atoms with Crippen LogP contribution in [-0.2, 0) is 0 Å². The van der Waals surface area contributed by atoms with E-state index in [2.05, 4.69) is 15.6 Å². The molecule has 0 saturated heterocycles. The van der Waals surface area contributed by atoms with Gasteiger partial charge in [-0.1, -0.05) is 0 Å². The number of hydrogen-bond acceptors (Lipinski definition) is 2. The second kappa shape index (κ2) is 1.32. The highest BCUT2D eigenvalue weighted by molar-refractivity contribution is 7.09. The van der Waals surface area contributed by atoms with Crippen molar-refractivity contribution in [3.63, 3.8) is 0 Å². The molecule has 0 aliphatic heterocycles. The average Bonchev–Trinajstić information content (AvgIpc) is 2.15. The summed E-state index contributed by atoms with van der Waals surface area (Å²) in [6.45, 7) is 0. The number of rotatable bonds is 0. The van der Waals surface area contributed by atoms with Crippen molar-refractivity contribution in [3.8, 4) is 0 Å². The maximum Gasteiger partial charge on any atom is 0.0757 e. The summed E-state index contributed by atoms with van der Waals surface area (Å²) in [6.07, 6.45) is 1.83. The normalized spacial score (nSPS) is 10.5. The molecule has 0 atom stereocenters. The molecular formula is C5H4N2S. The largest absolute Gasteiger partial charge is 0.277 e. The van der Waals surface area contributed by atoms with Gasteiger partial charge in [-0.15, -0.1) is 11.3 Å². The summed E-state index contributed by atoms with van der Waals surface area (Å²) in [4.78, 5) is 0. The Kier molecular flexibility index (Phi) is 0.676. The van der Waals surface area contributed by atoms with Crippen LogP contribution in [0.25, 0.3) is 10.9 Å². The minimum Gasteiger partial charge on any atom is -0.277 e. The molecule has 8 heavy (non-hydrogen) atoms. The van der Waals surface area contributed by atoms with E-state index in [1.807, 2.05) is 11.6 Å². The Labute approximate surface area is 50.2 Å². The van der Waals surface area contributed by atoms with Crippen LogP contribution in [0.5, 0.6) is 0 Å². The van der Waals surface area contributed by atoms with Crippen molar-refractivity contribution in [2.75, 3.05) is 0 Å². The van der Waals surface area contributed by atoms with Gasteiger partial charge in [-0.25, -0.2) is 0 Å². The summed E-state index contributed by atoms with van der Waals surface area (Å²) >= 11 is 1.69. The maximum atomic E-state index is 3.84. The van der Waals surface area contributed by atoms with E-state index in [0.29, 0.717) is 0 Å². The van der Waals surface area contributed by atoms with E-state index in [0.717, 1.165) is 5.52 Å². The van der Waals surface area contributed by atoms with E-state index in [-0.39, 0.29) is 0 Å². The number of aromatic amines is 1. The predicted octanol–water partition coefficient (Wildman–Crippen LogP) is 1.62. The summed E-state index contributed by atoms with van der Waals surface area (Å²) in [5.41, 5.74) is 1.13. The number of hydrogen-bond donors (Lipinski definition) is 1. The molecule has 0 bridgehead atoms. The van der Waals surface area contributed by atoms with Crippen LogP contribution in [0.1, 0.15) is 0 Å². The van der Waals surface area contributed by atoms with E-state index in [9.17, 15) is 0 Å². The molecule has 0 saturated carbocycles. The van der Waals surface area contributed by atoms with Crippen molar-refractivity contribution in [1.82, 2.24) is 10.2 Å². The molecule has 0 unspecified atom stereocenters. The minimum atomic E-state index is 1.13. The Morgan fingerprint density at radius 3 is 3.38 bits per heavy atom. The van der Waals surface area contributed by atoms with Gasteiger partial charge in [0, 0.05) is 16.1 Å². The van der Waals surface area contributed by atoms with Gasteiger partial charge in [0.05, 0.1) is 11.7 Å². The lowest BCUT2D eigenvalue weighted by Crippen LogP contribution is -1.58. The standard InChI is InChI=1S/C5H4N2S/c1-4-2-8-3-5(4)7-6-1/h1-3,7H. The predicted molar refractivity (Wildman–Crippen MR) is 34.0 cm³/mol. The molecule has 0 radical (unpaired) electrons. The zero-order chi connectivity index (χ0) is 5.40. The van der Waals surface area contributed by atoms with Gasteiger partial charge in [-0.05, 0) is 0 Å². The van der Waals surface area contributed by atoms with Gasteiger partial charge in [-0.2, -0.15) is 5.10 Å².